The van der Waals surface area contributed by atoms with Crippen molar-refractivity contribution < 1.29 is 0 Å². The van der Waals surface area contributed by atoms with Gasteiger partial charge in [-0.05, 0) is 39.2 Å². The van der Waals surface area contributed by atoms with Crippen molar-refractivity contribution in [2.45, 2.75) is 6.92 Å². The Morgan fingerprint density at radius 1 is 1.15 bits per heavy atom. The number of rotatable bonds is 1. The van der Waals surface area contributed by atoms with Crippen LogP contribution in [0.4, 0.5) is 0 Å². The van der Waals surface area contributed by atoms with Gasteiger partial charge in [-0.25, -0.2) is 0 Å². The quantitative estimate of drug-likeness (QED) is 0.637. The van der Waals surface area contributed by atoms with Crippen molar-refractivity contribution in [3.05, 3.63) is 42.0 Å². The Bertz CT molecular complexity index is 248. The molecule has 0 aliphatic carbocycles. The van der Waals surface area contributed by atoms with Crippen LogP contribution in [0.15, 0.2) is 30.8 Å². The maximum Gasteiger partial charge on any atom is -0.0140 e. The van der Waals surface area contributed by atoms with Gasteiger partial charge in [-0.2, -0.15) is 0 Å². The zero-order valence-corrected chi connectivity index (χ0v) is 9.04. The Labute approximate surface area is 81.7 Å². The average Bonchev–Trinajstić information content (AvgIpc) is 2.04. The van der Waals surface area contributed by atoms with E-state index in [-0.39, 0.29) is 0 Å². The van der Waals surface area contributed by atoms with Crippen molar-refractivity contribution in [2.24, 2.45) is 0 Å². The molecule has 0 aromatic heterocycles. The largest absolute Gasteiger partial charge is 0.312 e. The fourth-order valence-corrected chi connectivity index (χ4v) is 0.816. The lowest BCUT2D eigenvalue weighted by Crippen LogP contribution is -1.99. The zero-order valence-electron chi connectivity index (χ0n) is 9.04. The molecule has 0 heterocycles. The first-order valence-electron chi connectivity index (χ1n) is 4.37. The summed E-state index contributed by atoms with van der Waals surface area (Å²) in [5.41, 5.74) is 2.50. The van der Waals surface area contributed by atoms with Crippen LogP contribution in [0.2, 0.25) is 0 Å². The van der Waals surface area contributed by atoms with Gasteiger partial charge in [0.2, 0.25) is 0 Å². The fraction of sp³-hybridized carbons (Fsp3) is 0.333. The summed E-state index contributed by atoms with van der Waals surface area (Å²) < 4.78 is 0. The Hall–Kier alpha value is -1.08. The Balaban J connectivity index is 0.000000310. The molecule has 0 saturated carbocycles. The number of nitrogens with zero attached hydrogens (tertiary/aromatic N) is 1. The minimum absolute atomic E-state index is 1.22. The van der Waals surface area contributed by atoms with E-state index >= 15 is 0 Å². The molecule has 1 rings (SSSR count). The van der Waals surface area contributed by atoms with Crippen molar-refractivity contribution >= 4 is 6.08 Å². The van der Waals surface area contributed by atoms with E-state index < -0.39 is 0 Å². The molecule has 0 radical (unpaired) electrons. The summed E-state index contributed by atoms with van der Waals surface area (Å²) >= 11 is 0. The van der Waals surface area contributed by atoms with Gasteiger partial charge in [0, 0.05) is 0 Å². The summed E-state index contributed by atoms with van der Waals surface area (Å²) in [6.45, 7) is 5.77. The fourth-order valence-electron chi connectivity index (χ4n) is 0.816. The van der Waals surface area contributed by atoms with E-state index in [0.29, 0.717) is 0 Å². The minimum Gasteiger partial charge on any atom is -0.312 e. The van der Waals surface area contributed by atoms with Gasteiger partial charge < -0.3 is 4.90 Å². The second kappa shape index (κ2) is 6.44. The van der Waals surface area contributed by atoms with E-state index in [1.54, 1.807) is 0 Å². The predicted octanol–water partition coefficient (Wildman–Crippen LogP) is 2.82. The van der Waals surface area contributed by atoms with Gasteiger partial charge in [0.05, 0.1) is 0 Å². The standard InChI is InChI=1S/C9H10.C3H9N/c1-3-9-7-5-4-6-8(9)2;1-4(2)3/h3-7H,1H2,2H3;1-3H3. The third kappa shape index (κ3) is 6.12. The molecule has 0 bridgehead atoms. The molecule has 72 valence electrons. The van der Waals surface area contributed by atoms with E-state index in [0.717, 1.165) is 0 Å². The maximum atomic E-state index is 3.69. The van der Waals surface area contributed by atoms with Gasteiger partial charge in [-0.15, -0.1) is 0 Å². The van der Waals surface area contributed by atoms with Crippen molar-refractivity contribution in [3.63, 3.8) is 0 Å². The second-order valence-corrected chi connectivity index (χ2v) is 3.40. The first kappa shape index (κ1) is 11.9. The molecule has 13 heavy (non-hydrogen) atoms. The summed E-state index contributed by atoms with van der Waals surface area (Å²) in [4.78, 5) is 2.00. The molecule has 0 fully saturated rings. The summed E-state index contributed by atoms with van der Waals surface area (Å²) in [6, 6.07) is 8.19. The van der Waals surface area contributed by atoms with Crippen LogP contribution in [0.1, 0.15) is 11.1 Å². The SMILES string of the molecule is C=Cc1ccccc1C.CN(C)C. The predicted molar refractivity (Wildman–Crippen MR) is 60.9 cm³/mol. The molecule has 0 aliphatic heterocycles. The zero-order chi connectivity index (χ0) is 10.3. The van der Waals surface area contributed by atoms with Gasteiger partial charge in [-0.3, -0.25) is 0 Å². The first-order valence-corrected chi connectivity index (χ1v) is 4.37. The summed E-state index contributed by atoms with van der Waals surface area (Å²) in [7, 11) is 6.00. The molecule has 1 aromatic carbocycles. The van der Waals surface area contributed by atoms with Crippen molar-refractivity contribution in [2.75, 3.05) is 21.1 Å². The van der Waals surface area contributed by atoms with Gasteiger partial charge in [0.1, 0.15) is 0 Å². The second-order valence-electron chi connectivity index (χ2n) is 3.40. The molecule has 0 spiro atoms. The molecule has 0 N–H and O–H groups in total. The average molecular weight is 177 g/mol. The van der Waals surface area contributed by atoms with Gasteiger partial charge in [-0.1, -0.05) is 36.9 Å². The number of aryl methyl sites for hydroxylation is 1. The highest BCUT2D eigenvalue weighted by Gasteiger charge is 1.86. The van der Waals surface area contributed by atoms with Crippen molar-refractivity contribution in [3.8, 4) is 0 Å². The lowest BCUT2D eigenvalue weighted by atomic mass is 10.1. The number of benzene rings is 1. The third-order valence-electron chi connectivity index (χ3n) is 1.41. The summed E-state index contributed by atoms with van der Waals surface area (Å²) in [5, 5.41) is 0. The molecule has 0 unspecified atom stereocenters. The van der Waals surface area contributed by atoms with Crippen LogP contribution in [0.5, 0.6) is 0 Å². The molecule has 0 saturated heterocycles. The lowest BCUT2D eigenvalue weighted by Gasteiger charge is -1.95. The van der Waals surface area contributed by atoms with E-state index in [2.05, 4.69) is 25.6 Å². The van der Waals surface area contributed by atoms with Crippen molar-refractivity contribution in [1.29, 1.82) is 0 Å². The lowest BCUT2D eigenvalue weighted by molar-refractivity contribution is 0.505. The topological polar surface area (TPSA) is 3.24 Å². The van der Waals surface area contributed by atoms with Crippen LogP contribution in [-0.2, 0) is 0 Å². The van der Waals surface area contributed by atoms with Crippen LogP contribution in [0.3, 0.4) is 0 Å². The van der Waals surface area contributed by atoms with Gasteiger partial charge in [0.15, 0.2) is 0 Å². The summed E-state index contributed by atoms with van der Waals surface area (Å²) in [6.07, 6.45) is 1.87. The smallest absolute Gasteiger partial charge is 0.0140 e. The maximum absolute atomic E-state index is 3.69. The normalized spacial score (nSPS) is 9.00. The van der Waals surface area contributed by atoms with E-state index in [9.17, 15) is 0 Å². The molecule has 1 heteroatoms. The van der Waals surface area contributed by atoms with E-state index in [1.807, 2.05) is 44.3 Å². The molecule has 0 aliphatic rings. The highest BCUT2D eigenvalue weighted by atomic mass is 15.0. The Morgan fingerprint density at radius 2 is 1.62 bits per heavy atom. The number of hydrogen-bond donors (Lipinski definition) is 0. The molecule has 0 atom stereocenters. The Kier molecular flexibility index (Phi) is 5.90. The number of hydrogen-bond acceptors (Lipinski definition) is 1. The third-order valence-corrected chi connectivity index (χ3v) is 1.41. The van der Waals surface area contributed by atoms with Crippen molar-refractivity contribution in [1.82, 2.24) is 4.90 Å². The highest BCUT2D eigenvalue weighted by Crippen LogP contribution is 2.06. The molecule has 0 amide bonds. The van der Waals surface area contributed by atoms with Gasteiger partial charge in [0.25, 0.3) is 0 Å². The minimum atomic E-state index is 1.22. The molecule has 1 nitrogen and oxygen atoms in total. The highest BCUT2D eigenvalue weighted by molar-refractivity contribution is 5.50. The molecular formula is C12H19N. The van der Waals surface area contributed by atoms with E-state index in [4.69, 9.17) is 0 Å². The first-order chi connectivity index (χ1) is 6.07. The Morgan fingerprint density at radius 3 is 1.92 bits per heavy atom. The van der Waals surface area contributed by atoms with Gasteiger partial charge >= 0.3 is 0 Å². The molecular weight excluding hydrogens is 158 g/mol. The van der Waals surface area contributed by atoms with E-state index in [1.165, 1.54) is 11.1 Å². The van der Waals surface area contributed by atoms with Crippen LogP contribution in [0.25, 0.3) is 6.08 Å². The van der Waals surface area contributed by atoms with Crippen LogP contribution in [0, 0.1) is 6.92 Å². The summed E-state index contributed by atoms with van der Waals surface area (Å²) in [5.74, 6) is 0. The monoisotopic (exact) mass is 177 g/mol. The van der Waals surface area contributed by atoms with Crippen LogP contribution in [-0.4, -0.2) is 26.0 Å². The van der Waals surface area contributed by atoms with Crippen LogP contribution < -0.4 is 0 Å². The van der Waals surface area contributed by atoms with Crippen LogP contribution >= 0.6 is 0 Å². The molecule has 1 aromatic rings.